The maximum absolute atomic E-state index is 14.1. The Bertz CT molecular complexity index is 2770. The highest BCUT2D eigenvalue weighted by Gasteiger charge is 2.44. The predicted molar refractivity (Wildman–Crippen MR) is 279 cm³/mol. The van der Waals surface area contributed by atoms with Gasteiger partial charge in [0.25, 0.3) is 0 Å². The number of benzene rings is 4. The number of aromatic nitrogens is 1. The van der Waals surface area contributed by atoms with Gasteiger partial charge in [0.15, 0.2) is 5.78 Å². The fraction of sp³-hybridized carbons (Fsp3) is 0.400. The number of aliphatic hydroxyl groups is 1. The van der Waals surface area contributed by atoms with E-state index < -0.39 is 35.4 Å². The van der Waals surface area contributed by atoms with Crippen molar-refractivity contribution < 1.29 is 44.0 Å². The van der Waals surface area contributed by atoms with E-state index in [1.54, 1.807) is 78.1 Å². The summed E-state index contributed by atoms with van der Waals surface area (Å²) in [7, 11) is 0. The fourth-order valence-corrected chi connectivity index (χ4v) is 10.8. The summed E-state index contributed by atoms with van der Waals surface area (Å²) in [4.78, 5) is 64.8. The molecule has 4 aromatic carbocycles. The first-order chi connectivity index (χ1) is 34.0. The number of fused-ring (bicyclic) bond motifs is 1. The average molecular weight is 1000 g/mol. The van der Waals surface area contributed by atoms with Gasteiger partial charge in [-0.3, -0.25) is 19.2 Å². The Labute approximate surface area is 423 Å². The lowest BCUT2D eigenvalue weighted by atomic mass is 9.85. The molecule has 0 radical (unpaired) electrons. The number of rotatable bonds is 22. The van der Waals surface area contributed by atoms with Crippen molar-refractivity contribution in [2.45, 2.75) is 91.5 Å². The molecule has 7 rings (SSSR count). The third-order valence-electron chi connectivity index (χ3n) is 12.8. The van der Waals surface area contributed by atoms with Crippen LogP contribution >= 0.6 is 22.7 Å². The van der Waals surface area contributed by atoms with Gasteiger partial charge in [-0.1, -0.05) is 52.0 Å². The second kappa shape index (κ2) is 23.8. The van der Waals surface area contributed by atoms with Crippen LogP contribution in [0.3, 0.4) is 0 Å². The number of aryl methyl sites for hydroxylation is 1. The summed E-state index contributed by atoms with van der Waals surface area (Å²) < 4.78 is 12.6. The van der Waals surface area contributed by atoms with E-state index >= 15 is 0 Å². The van der Waals surface area contributed by atoms with Crippen LogP contribution in [0.1, 0.15) is 93.5 Å². The number of amides is 3. The van der Waals surface area contributed by atoms with Crippen molar-refractivity contribution in [3.05, 3.63) is 119 Å². The molecule has 0 spiro atoms. The Morgan fingerprint density at radius 3 is 2.23 bits per heavy atom. The standard InChI is InChI=1S/C55H65N5O9S2/c1-7-59(26-28-69-43-22-17-37(18-23-43)49(65)48-44-24-21-41(62)30-46(44)71-51(48)39-15-19-40(61)20-16-39)25-9-8-10-27-68-32-47(64)58-52(55(4,5)6)54(67)60-31-42(63)29-45(60)53(66)57-34(2)36-11-13-38(14-12-36)50-35(3)56-33-70-50/h11-24,30,33-34,42,45,52,61-63H,7-10,25-29,31-32H2,1-6H3,(H,57,66)(H,58,64). The number of hydrogen-bond acceptors (Lipinski definition) is 13. The van der Waals surface area contributed by atoms with Crippen molar-refractivity contribution in [1.82, 2.24) is 25.4 Å². The number of phenols is 2. The van der Waals surface area contributed by atoms with Crippen LogP contribution in [-0.4, -0.2) is 118 Å². The van der Waals surface area contributed by atoms with Gasteiger partial charge in [-0.05, 0) is 135 Å². The van der Waals surface area contributed by atoms with E-state index in [9.17, 15) is 34.5 Å². The minimum Gasteiger partial charge on any atom is -0.508 e. The van der Waals surface area contributed by atoms with E-state index in [1.807, 2.05) is 64.4 Å². The SMILES string of the molecule is CCN(CCCCCOCC(=O)NC(C(=O)N1CC(O)CC1C(=O)NC(C)c1ccc(-c2scnc2C)cc1)C(C)(C)C)CCOc1ccc(C(=O)c2c(-c3ccc(O)cc3)sc3cc(O)ccc23)cc1. The van der Waals surface area contributed by atoms with E-state index in [0.29, 0.717) is 30.1 Å². The van der Waals surface area contributed by atoms with Crippen LogP contribution in [0.4, 0.5) is 0 Å². The predicted octanol–water partition coefficient (Wildman–Crippen LogP) is 8.90. The molecule has 1 fully saturated rings. The van der Waals surface area contributed by atoms with Crippen LogP contribution in [0.5, 0.6) is 17.2 Å². The van der Waals surface area contributed by atoms with Gasteiger partial charge in [0.2, 0.25) is 17.7 Å². The average Bonchev–Trinajstić information content (AvgIpc) is 4.08. The van der Waals surface area contributed by atoms with Crippen LogP contribution in [0.15, 0.2) is 96.5 Å². The van der Waals surface area contributed by atoms with Crippen molar-refractivity contribution in [3.8, 4) is 38.1 Å². The summed E-state index contributed by atoms with van der Waals surface area (Å²) >= 11 is 2.99. The van der Waals surface area contributed by atoms with E-state index in [4.69, 9.17) is 9.47 Å². The van der Waals surface area contributed by atoms with Crippen LogP contribution in [0, 0.1) is 12.3 Å². The number of nitrogens with one attached hydrogen (secondary N) is 2. The van der Waals surface area contributed by atoms with Gasteiger partial charge in [-0.15, -0.1) is 22.7 Å². The number of hydrogen-bond donors (Lipinski definition) is 5. The summed E-state index contributed by atoms with van der Waals surface area (Å²) in [6.07, 6.45) is 1.80. The number of aromatic hydroxyl groups is 2. The fourth-order valence-electron chi connectivity index (χ4n) is 8.79. The van der Waals surface area contributed by atoms with Gasteiger partial charge >= 0.3 is 0 Å². The van der Waals surface area contributed by atoms with Crippen molar-refractivity contribution in [2.24, 2.45) is 5.41 Å². The van der Waals surface area contributed by atoms with Gasteiger partial charge in [-0.25, -0.2) is 4.98 Å². The highest BCUT2D eigenvalue weighted by Crippen LogP contribution is 2.42. The molecule has 0 bridgehead atoms. The van der Waals surface area contributed by atoms with E-state index in [0.717, 1.165) is 81.1 Å². The van der Waals surface area contributed by atoms with Gasteiger partial charge in [0.1, 0.15) is 42.5 Å². The number of carbonyl (C=O) groups is 4. The van der Waals surface area contributed by atoms with Gasteiger partial charge < -0.3 is 45.2 Å². The summed E-state index contributed by atoms with van der Waals surface area (Å²) in [6.45, 7) is 14.6. The van der Waals surface area contributed by atoms with Crippen LogP contribution < -0.4 is 15.4 Å². The third kappa shape index (κ3) is 13.4. The van der Waals surface area contributed by atoms with Crippen LogP contribution in [0.2, 0.25) is 0 Å². The summed E-state index contributed by atoms with van der Waals surface area (Å²) in [6, 6.07) is 24.6. The number of ketones is 1. The van der Waals surface area contributed by atoms with Gasteiger partial charge in [0, 0.05) is 52.2 Å². The number of carbonyl (C=O) groups excluding carboxylic acids is 4. The molecule has 6 aromatic rings. The largest absolute Gasteiger partial charge is 0.508 e. The molecular weight excluding hydrogens is 939 g/mol. The van der Waals surface area contributed by atoms with Crippen LogP contribution in [0.25, 0.3) is 31.0 Å². The molecule has 376 valence electrons. The highest BCUT2D eigenvalue weighted by molar-refractivity contribution is 7.22. The normalized spacial score (nSPS) is 15.7. The molecule has 1 aliphatic rings. The highest BCUT2D eigenvalue weighted by atomic mass is 32.1. The smallest absolute Gasteiger partial charge is 0.246 e. The summed E-state index contributed by atoms with van der Waals surface area (Å²) in [5.74, 6) is -0.451. The number of thiazole rings is 1. The Hall–Kier alpha value is -6.17. The Morgan fingerprint density at radius 1 is 0.859 bits per heavy atom. The van der Waals surface area contributed by atoms with Crippen LogP contribution in [-0.2, 0) is 19.1 Å². The molecule has 0 saturated carbocycles. The second-order valence-corrected chi connectivity index (χ2v) is 21.1. The van der Waals surface area contributed by atoms with E-state index in [-0.39, 0.29) is 48.8 Å². The van der Waals surface area contributed by atoms with Gasteiger partial charge in [0.05, 0.1) is 28.2 Å². The zero-order valence-corrected chi connectivity index (χ0v) is 42.9. The van der Waals surface area contributed by atoms with E-state index in [1.165, 1.54) is 16.2 Å². The summed E-state index contributed by atoms with van der Waals surface area (Å²) in [5, 5.41) is 37.3. The first kappa shape index (κ1) is 52.6. The Balaban J connectivity index is 0.813. The second-order valence-electron chi connectivity index (χ2n) is 19.2. The molecule has 71 heavy (non-hydrogen) atoms. The molecule has 3 amide bonds. The Kier molecular flexibility index (Phi) is 17.7. The minimum atomic E-state index is -0.950. The molecule has 14 nitrogen and oxygen atoms in total. The first-order valence-electron chi connectivity index (χ1n) is 24.2. The first-order valence-corrected chi connectivity index (χ1v) is 25.9. The molecule has 4 unspecified atom stereocenters. The molecule has 2 aromatic heterocycles. The number of β-amino-alcohol motifs (C(OH)–C–C–N with tert-alkyl or cyclic N) is 1. The number of unbranched alkanes of at least 4 members (excludes halogenated alkanes) is 2. The lowest BCUT2D eigenvalue weighted by Gasteiger charge is -2.35. The summed E-state index contributed by atoms with van der Waals surface area (Å²) in [5.41, 5.74) is 5.90. The molecule has 1 aliphatic heterocycles. The van der Waals surface area contributed by atoms with E-state index in [2.05, 4.69) is 27.4 Å². The third-order valence-corrected chi connectivity index (χ3v) is 15.0. The number of nitrogens with zero attached hydrogens (tertiary/aromatic N) is 3. The zero-order valence-electron chi connectivity index (χ0n) is 41.3. The zero-order chi connectivity index (χ0) is 50.8. The topological polar surface area (TPSA) is 191 Å². The number of likely N-dealkylation sites (N-methyl/N-ethyl adjacent to an activating group) is 1. The molecule has 5 N–H and O–H groups in total. The Morgan fingerprint density at radius 2 is 1.55 bits per heavy atom. The number of likely N-dealkylation sites (tertiary alicyclic amines) is 1. The van der Waals surface area contributed by atoms with Gasteiger partial charge in [-0.2, -0.15) is 0 Å². The quantitative estimate of drug-likeness (QED) is 0.0323. The lowest BCUT2D eigenvalue weighted by molar-refractivity contribution is -0.144. The maximum atomic E-state index is 14.1. The monoisotopic (exact) mass is 1000 g/mol. The lowest BCUT2D eigenvalue weighted by Crippen LogP contribution is -2.58. The molecular formula is C55H65N5O9S2. The number of thiophene rings is 1. The molecule has 16 heteroatoms. The minimum absolute atomic E-state index is 0.0121. The number of phenolic OH excluding ortho intramolecular Hbond substituents is 2. The molecule has 3 heterocycles. The molecule has 0 aliphatic carbocycles. The molecule has 1 saturated heterocycles. The van der Waals surface area contributed by atoms with Crippen molar-refractivity contribution >= 4 is 56.3 Å². The van der Waals surface area contributed by atoms with Crippen molar-refractivity contribution in [3.63, 3.8) is 0 Å². The van der Waals surface area contributed by atoms with Crippen molar-refractivity contribution in [1.29, 1.82) is 0 Å². The molecule has 4 atom stereocenters. The number of ether oxygens (including phenoxy) is 2. The van der Waals surface area contributed by atoms with Crippen molar-refractivity contribution in [2.75, 3.05) is 46.0 Å². The maximum Gasteiger partial charge on any atom is 0.246 e. The number of aliphatic hydroxyl groups excluding tert-OH is 1.